The first kappa shape index (κ1) is 15.3. The molecular formula is C12H22O4. The molecule has 0 saturated carbocycles. The van der Waals surface area contributed by atoms with E-state index in [1.54, 1.807) is 0 Å². The summed E-state index contributed by atoms with van der Waals surface area (Å²) in [4.78, 5) is 22.7. The molecule has 16 heavy (non-hydrogen) atoms. The smallest absolute Gasteiger partial charge is 0.161 e. The van der Waals surface area contributed by atoms with Crippen LogP contribution in [-0.4, -0.2) is 34.0 Å². The van der Waals surface area contributed by atoms with Crippen molar-refractivity contribution in [3.8, 4) is 0 Å². The molecule has 0 aliphatic rings. The lowest BCUT2D eigenvalue weighted by atomic mass is 10.0. The van der Waals surface area contributed by atoms with E-state index in [-0.39, 0.29) is 24.4 Å². The monoisotopic (exact) mass is 230 g/mol. The highest BCUT2D eigenvalue weighted by atomic mass is 16.3. The Morgan fingerprint density at radius 2 is 1.19 bits per heavy atom. The maximum Gasteiger partial charge on any atom is 0.161 e. The Bertz CT molecular complexity index is 201. The first-order chi connectivity index (χ1) is 7.52. The maximum absolute atomic E-state index is 11.3. The van der Waals surface area contributed by atoms with Crippen LogP contribution in [0.25, 0.3) is 0 Å². The van der Waals surface area contributed by atoms with Crippen LogP contribution in [-0.2, 0) is 9.59 Å². The molecule has 0 aromatic heterocycles. The van der Waals surface area contributed by atoms with Gasteiger partial charge in [-0.15, -0.1) is 0 Å². The Morgan fingerprint density at radius 1 is 0.875 bits per heavy atom. The van der Waals surface area contributed by atoms with E-state index >= 15 is 0 Å². The van der Waals surface area contributed by atoms with Gasteiger partial charge in [0.1, 0.15) is 12.2 Å². The Labute approximate surface area is 96.7 Å². The minimum atomic E-state index is -0.957. The van der Waals surface area contributed by atoms with E-state index in [1.165, 1.54) is 0 Å². The van der Waals surface area contributed by atoms with Crippen LogP contribution in [0.15, 0.2) is 0 Å². The molecule has 94 valence electrons. The zero-order valence-corrected chi connectivity index (χ0v) is 10.1. The molecule has 2 atom stereocenters. The largest absolute Gasteiger partial charge is 0.385 e. The van der Waals surface area contributed by atoms with Gasteiger partial charge >= 0.3 is 0 Å². The molecule has 0 bridgehead atoms. The van der Waals surface area contributed by atoms with Crippen molar-refractivity contribution < 1.29 is 19.8 Å². The van der Waals surface area contributed by atoms with Gasteiger partial charge in [0, 0.05) is 12.8 Å². The van der Waals surface area contributed by atoms with Crippen LogP contribution in [0.2, 0.25) is 0 Å². The molecule has 0 aromatic rings. The van der Waals surface area contributed by atoms with Gasteiger partial charge in [0.05, 0.1) is 0 Å². The highest BCUT2D eigenvalue weighted by Crippen LogP contribution is 2.06. The number of ketones is 2. The number of Topliss-reactive ketones (excluding diaryl/α,β-unsaturated/α-hetero) is 2. The first-order valence-corrected chi connectivity index (χ1v) is 5.94. The summed E-state index contributed by atoms with van der Waals surface area (Å²) in [6.07, 6.45) is 0.483. The third kappa shape index (κ3) is 5.98. The van der Waals surface area contributed by atoms with E-state index in [9.17, 15) is 19.8 Å². The maximum atomic E-state index is 11.3. The lowest BCUT2D eigenvalue weighted by Crippen LogP contribution is -2.24. The van der Waals surface area contributed by atoms with Crippen molar-refractivity contribution >= 4 is 11.6 Å². The lowest BCUT2D eigenvalue weighted by molar-refractivity contribution is -0.132. The summed E-state index contributed by atoms with van der Waals surface area (Å²) < 4.78 is 0. The summed E-state index contributed by atoms with van der Waals surface area (Å²) in [7, 11) is 0. The molecule has 0 radical (unpaired) electrons. The molecule has 4 heteroatoms. The number of hydrogen-bond donors (Lipinski definition) is 2. The average molecular weight is 230 g/mol. The number of hydrogen-bond acceptors (Lipinski definition) is 4. The molecule has 0 spiro atoms. The fourth-order valence-electron chi connectivity index (χ4n) is 1.45. The standard InChI is InChI=1S/C12H22O4/c1-3-5-9(13)11(15)7-8-12(16)10(14)6-4-2/h9-10,13-14H,3-8H2,1-2H3. The number of aliphatic hydroxyl groups excluding tert-OH is 2. The van der Waals surface area contributed by atoms with Crippen LogP contribution in [0.5, 0.6) is 0 Å². The van der Waals surface area contributed by atoms with Crippen molar-refractivity contribution in [2.45, 2.75) is 64.6 Å². The van der Waals surface area contributed by atoms with Crippen molar-refractivity contribution in [1.29, 1.82) is 0 Å². The number of aliphatic hydroxyl groups is 2. The second-order valence-corrected chi connectivity index (χ2v) is 4.04. The van der Waals surface area contributed by atoms with Crippen molar-refractivity contribution in [1.82, 2.24) is 0 Å². The van der Waals surface area contributed by atoms with Gasteiger partial charge in [0.2, 0.25) is 0 Å². The van der Waals surface area contributed by atoms with Gasteiger partial charge in [-0.3, -0.25) is 9.59 Å². The lowest BCUT2D eigenvalue weighted by Gasteiger charge is -2.10. The number of rotatable bonds is 9. The van der Waals surface area contributed by atoms with Gasteiger partial charge in [-0.1, -0.05) is 26.7 Å². The minimum Gasteiger partial charge on any atom is -0.385 e. The predicted octanol–water partition coefficient (Wildman–Crippen LogP) is 1.23. The summed E-state index contributed by atoms with van der Waals surface area (Å²) in [6, 6.07) is 0. The van der Waals surface area contributed by atoms with Crippen LogP contribution in [0.1, 0.15) is 52.4 Å². The number of carbonyl (C=O) groups excluding carboxylic acids is 2. The summed E-state index contributed by atoms with van der Waals surface area (Å²) in [5.74, 6) is -0.613. The highest BCUT2D eigenvalue weighted by Gasteiger charge is 2.18. The van der Waals surface area contributed by atoms with Crippen LogP contribution >= 0.6 is 0 Å². The van der Waals surface area contributed by atoms with Gasteiger partial charge < -0.3 is 10.2 Å². The zero-order chi connectivity index (χ0) is 12.6. The van der Waals surface area contributed by atoms with E-state index < -0.39 is 12.2 Å². The van der Waals surface area contributed by atoms with Gasteiger partial charge in [-0.25, -0.2) is 0 Å². The van der Waals surface area contributed by atoms with Gasteiger partial charge in [-0.2, -0.15) is 0 Å². The molecule has 0 aliphatic carbocycles. The summed E-state index contributed by atoms with van der Waals surface area (Å²) in [5.41, 5.74) is 0. The molecule has 0 amide bonds. The molecule has 4 nitrogen and oxygen atoms in total. The van der Waals surface area contributed by atoms with Crippen molar-refractivity contribution in [3.05, 3.63) is 0 Å². The van der Waals surface area contributed by atoms with Crippen LogP contribution in [0.4, 0.5) is 0 Å². The zero-order valence-electron chi connectivity index (χ0n) is 10.1. The first-order valence-electron chi connectivity index (χ1n) is 5.94. The molecule has 2 unspecified atom stereocenters. The SMILES string of the molecule is CCCC(O)C(=O)CCC(=O)C(O)CCC. The van der Waals surface area contributed by atoms with Crippen LogP contribution < -0.4 is 0 Å². The Kier molecular flexibility index (Phi) is 8.03. The minimum absolute atomic E-state index is 0.0285. The Morgan fingerprint density at radius 3 is 1.44 bits per heavy atom. The molecule has 2 N–H and O–H groups in total. The number of carbonyl (C=O) groups is 2. The molecular weight excluding hydrogens is 208 g/mol. The van der Waals surface area contributed by atoms with Gasteiger partial charge in [0.15, 0.2) is 11.6 Å². The predicted molar refractivity (Wildman–Crippen MR) is 61.1 cm³/mol. The van der Waals surface area contributed by atoms with Crippen LogP contribution in [0, 0.1) is 0 Å². The van der Waals surface area contributed by atoms with E-state index in [0.29, 0.717) is 12.8 Å². The second kappa shape index (κ2) is 8.42. The third-order valence-corrected chi connectivity index (χ3v) is 2.49. The van der Waals surface area contributed by atoms with E-state index in [4.69, 9.17) is 0 Å². The summed E-state index contributed by atoms with van der Waals surface area (Å²) >= 11 is 0. The Hall–Kier alpha value is -0.740. The van der Waals surface area contributed by atoms with Crippen molar-refractivity contribution in [2.75, 3.05) is 0 Å². The molecule has 0 rings (SSSR count). The quantitative estimate of drug-likeness (QED) is 0.624. The van der Waals surface area contributed by atoms with E-state index in [2.05, 4.69) is 0 Å². The second-order valence-electron chi connectivity index (χ2n) is 4.04. The topological polar surface area (TPSA) is 74.6 Å². The van der Waals surface area contributed by atoms with Crippen molar-refractivity contribution in [3.63, 3.8) is 0 Å². The van der Waals surface area contributed by atoms with Gasteiger partial charge in [-0.05, 0) is 12.8 Å². The third-order valence-electron chi connectivity index (χ3n) is 2.49. The van der Waals surface area contributed by atoms with Crippen LogP contribution in [0.3, 0.4) is 0 Å². The molecule has 0 saturated heterocycles. The van der Waals surface area contributed by atoms with E-state index in [0.717, 1.165) is 12.8 Å². The Balaban J connectivity index is 3.87. The molecule has 0 aromatic carbocycles. The van der Waals surface area contributed by atoms with Crippen molar-refractivity contribution in [2.24, 2.45) is 0 Å². The molecule has 0 fully saturated rings. The van der Waals surface area contributed by atoms with E-state index in [1.807, 2.05) is 13.8 Å². The molecule has 0 heterocycles. The summed E-state index contributed by atoms with van der Waals surface area (Å²) in [5, 5.41) is 18.7. The fraction of sp³-hybridized carbons (Fsp3) is 0.833. The molecule has 0 aliphatic heterocycles. The highest BCUT2D eigenvalue weighted by molar-refractivity contribution is 5.89. The van der Waals surface area contributed by atoms with Gasteiger partial charge in [0.25, 0.3) is 0 Å². The summed E-state index contributed by atoms with van der Waals surface area (Å²) in [6.45, 7) is 3.76. The normalized spacial score (nSPS) is 14.5. The average Bonchev–Trinajstić information content (AvgIpc) is 2.25. The fourth-order valence-corrected chi connectivity index (χ4v) is 1.45.